The lowest BCUT2D eigenvalue weighted by molar-refractivity contribution is 0.410. The Morgan fingerprint density at radius 2 is 1.91 bits per heavy atom. The third-order valence-electron chi connectivity index (χ3n) is 3.30. The number of ether oxygens (including phenoxy) is 1. The van der Waals surface area contributed by atoms with Crippen molar-refractivity contribution >= 4 is 11.8 Å². The molecule has 0 amide bonds. The first-order valence-electron chi connectivity index (χ1n) is 7.01. The fraction of sp³-hybridized carbons (Fsp3) is 0.176. The second-order valence-corrected chi connectivity index (χ2v) is 5.91. The van der Waals surface area contributed by atoms with Crippen LogP contribution in [0.4, 0.5) is 4.39 Å². The van der Waals surface area contributed by atoms with Crippen LogP contribution in [0, 0.1) is 12.7 Å². The first kappa shape index (κ1) is 15.6. The highest BCUT2D eigenvalue weighted by atomic mass is 32.2. The molecule has 0 aliphatic heterocycles. The quantitative estimate of drug-likeness (QED) is 0.645. The van der Waals surface area contributed by atoms with Gasteiger partial charge in [0.15, 0.2) is 0 Å². The number of benzene rings is 2. The molecule has 0 atom stereocenters. The molecule has 2 aromatic carbocycles. The van der Waals surface area contributed by atoms with Crippen LogP contribution >= 0.6 is 11.8 Å². The Bertz CT molecular complexity index is 803. The van der Waals surface area contributed by atoms with Gasteiger partial charge in [0.05, 0.1) is 7.11 Å². The molecule has 0 aliphatic carbocycles. The fourth-order valence-electron chi connectivity index (χ4n) is 2.08. The van der Waals surface area contributed by atoms with Crippen LogP contribution in [0.5, 0.6) is 5.75 Å². The van der Waals surface area contributed by atoms with Crippen LogP contribution < -0.4 is 4.74 Å². The van der Waals surface area contributed by atoms with Crippen molar-refractivity contribution in [3.05, 3.63) is 59.4 Å². The molecule has 0 saturated carbocycles. The average molecular weight is 330 g/mol. The zero-order valence-corrected chi connectivity index (χ0v) is 13.6. The van der Waals surface area contributed by atoms with E-state index in [0.717, 1.165) is 11.1 Å². The van der Waals surface area contributed by atoms with Gasteiger partial charge in [-0.2, -0.15) is 0 Å². The monoisotopic (exact) mass is 330 g/mol. The minimum Gasteiger partial charge on any atom is -0.496 e. The Morgan fingerprint density at radius 3 is 2.65 bits per heavy atom. The predicted molar refractivity (Wildman–Crippen MR) is 87.0 cm³/mol. The van der Waals surface area contributed by atoms with Gasteiger partial charge in [-0.1, -0.05) is 29.5 Å². The Balaban J connectivity index is 1.72. The summed E-state index contributed by atoms with van der Waals surface area (Å²) in [7, 11) is 1.56. The summed E-state index contributed by atoms with van der Waals surface area (Å²) >= 11 is 1.34. The topological polar surface area (TPSA) is 48.2 Å². The average Bonchev–Trinajstić information content (AvgIpc) is 3.03. The van der Waals surface area contributed by atoms with Gasteiger partial charge in [0, 0.05) is 16.9 Å². The van der Waals surface area contributed by atoms with Gasteiger partial charge in [-0.25, -0.2) is 4.39 Å². The number of halogens is 1. The summed E-state index contributed by atoms with van der Waals surface area (Å²) in [5.74, 6) is 1.29. The van der Waals surface area contributed by atoms with Crippen molar-refractivity contribution in [3.63, 3.8) is 0 Å². The van der Waals surface area contributed by atoms with Crippen molar-refractivity contribution < 1.29 is 13.5 Å². The van der Waals surface area contributed by atoms with Crippen molar-refractivity contribution in [2.75, 3.05) is 7.11 Å². The zero-order chi connectivity index (χ0) is 16.2. The van der Waals surface area contributed by atoms with E-state index in [9.17, 15) is 4.39 Å². The highest BCUT2D eigenvalue weighted by molar-refractivity contribution is 7.98. The second kappa shape index (κ2) is 6.83. The Kier molecular flexibility index (Phi) is 4.62. The van der Waals surface area contributed by atoms with E-state index in [0.29, 0.717) is 22.6 Å². The maximum atomic E-state index is 13.4. The van der Waals surface area contributed by atoms with Crippen molar-refractivity contribution in [1.29, 1.82) is 0 Å². The maximum absolute atomic E-state index is 13.4. The molecule has 4 nitrogen and oxygen atoms in total. The first-order chi connectivity index (χ1) is 11.2. The van der Waals surface area contributed by atoms with E-state index in [2.05, 4.69) is 10.2 Å². The van der Waals surface area contributed by atoms with Crippen molar-refractivity contribution in [1.82, 2.24) is 10.2 Å². The SMILES string of the molecule is COc1ccc(F)cc1CSc1nnc(-c2ccc(C)cc2)o1. The number of nitrogens with zero attached hydrogens (tertiary/aromatic N) is 2. The molecule has 6 heteroatoms. The third-order valence-corrected chi connectivity index (χ3v) is 4.17. The first-order valence-corrected chi connectivity index (χ1v) is 8.00. The number of hydrogen-bond acceptors (Lipinski definition) is 5. The largest absolute Gasteiger partial charge is 0.496 e. The van der Waals surface area contributed by atoms with Gasteiger partial charge in [0.1, 0.15) is 11.6 Å². The van der Waals surface area contributed by atoms with Crippen LogP contribution in [-0.2, 0) is 5.75 Å². The molecule has 0 spiro atoms. The van der Waals surface area contributed by atoms with Crippen LogP contribution in [0.25, 0.3) is 11.5 Å². The van der Waals surface area contributed by atoms with Gasteiger partial charge in [-0.05, 0) is 37.3 Å². The molecular formula is C17H15FN2O2S. The summed E-state index contributed by atoms with van der Waals surface area (Å²) in [4.78, 5) is 0. The molecule has 0 N–H and O–H groups in total. The molecule has 1 aromatic heterocycles. The van der Waals surface area contributed by atoms with Crippen LogP contribution in [0.15, 0.2) is 52.1 Å². The molecule has 1 heterocycles. The normalized spacial score (nSPS) is 10.7. The minimum atomic E-state index is -0.299. The van der Waals surface area contributed by atoms with Crippen LogP contribution in [0.2, 0.25) is 0 Å². The standard InChI is InChI=1S/C17H15FN2O2S/c1-11-3-5-12(6-4-11)16-19-20-17(22-16)23-10-13-9-14(18)7-8-15(13)21-2/h3-9H,10H2,1-2H3. The third kappa shape index (κ3) is 3.71. The number of rotatable bonds is 5. The summed E-state index contributed by atoms with van der Waals surface area (Å²) in [6.45, 7) is 2.02. The van der Waals surface area contributed by atoms with Gasteiger partial charge in [-0.3, -0.25) is 0 Å². The molecule has 3 aromatic rings. The molecule has 118 valence electrons. The molecule has 0 unspecified atom stereocenters. The summed E-state index contributed by atoms with van der Waals surface area (Å²) < 4.78 is 24.2. The Morgan fingerprint density at radius 1 is 1.13 bits per heavy atom. The van der Waals surface area contributed by atoms with Gasteiger partial charge in [-0.15, -0.1) is 10.2 Å². The Hall–Kier alpha value is -2.34. The number of aryl methyl sites for hydroxylation is 1. The summed E-state index contributed by atoms with van der Waals surface area (Å²) in [5, 5.41) is 8.50. The van der Waals surface area contributed by atoms with Gasteiger partial charge in [0.2, 0.25) is 5.89 Å². The van der Waals surface area contributed by atoms with E-state index < -0.39 is 0 Å². The van der Waals surface area contributed by atoms with Crippen LogP contribution in [0.1, 0.15) is 11.1 Å². The molecule has 3 rings (SSSR count). The van der Waals surface area contributed by atoms with Crippen molar-refractivity contribution in [3.8, 4) is 17.2 Å². The summed E-state index contributed by atoms with van der Waals surface area (Å²) in [6.07, 6.45) is 0. The van der Waals surface area contributed by atoms with Gasteiger partial charge < -0.3 is 9.15 Å². The second-order valence-electron chi connectivity index (χ2n) is 4.98. The number of thioether (sulfide) groups is 1. The molecule has 0 radical (unpaired) electrons. The predicted octanol–water partition coefficient (Wildman–Crippen LogP) is 4.49. The van der Waals surface area contributed by atoms with E-state index in [1.54, 1.807) is 13.2 Å². The zero-order valence-electron chi connectivity index (χ0n) is 12.7. The maximum Gasteiger partial charge on any atom is 0.277 e. The van der Waals surface area contributed by atoms with E-state index in [1.807, 2.05) is 31.2 Å². The van der Waals surface area contributed by atoms with Crippen LogP contribution in [0.3, 0.4) is 0 Å². The fourth-order valence-corrected chi connectivity index (χ4v) is 2.82. The van der Waals surface area contributed by atoms with Crippen molar-refractivity contribution in [2.45, 2.75) is 17.9 Å². The molecular weight excluding hydrogens is 315 g/mol. The van der Waals surface area contributed by atoms with E-state index in [-0.39, 0.29) is 5.82 Å². The highest BCUT2D eigenvalue weighted by Crippen LogP contribution is 2.29. The molecule has 0 fully saturated rings. The van der Waals surface area contributed by atoms with Crippen LogP contribution in [-0.4, -0.2) is 17.3 Å². The van der Waals surface area contributed by atoms with E-state index >= 15 is 0 Å². The lowest BCUT2D eigenvalue weighted by atomic mass is 10.1. The number of hydrogen-bond donors (Lipinski definition) is 0. The number of methoxy groups -OCH3 is 1. The van der Waals surface area contributed by atoms with Gasteiger partial charge in [0.25, 0.3) is 5.22 Å². The summed E-state index contributed by atoms with van der Waals surface area (Å²) in [6, 6.07) is 12.3. The molecule has 0 bridgehead atoms. The molecule has 23 heavy (non-hydrogen) atoms. The summed E-state index contributed by atoms with van der Waals surface area (Å²) in [5.41, 5.74) is 2.78. The highest BCUT2D eigenvalue weighted by Gasteiger charge is 2.11. The molecule has 0 saturated heterocycles. The lowest BCUT2D eigenvalue weighted by Gasteiger charge is -2.06. The van der Waals surface area contributed by atoms with E-state index in [4.69, 9.17) is 9.15 Å². The molecule has 0 aliphatic rings. The van der Waals surface area contributed by atoms with Crippen molar-refractivity contribution in [2.24, 2.45) is 0 Å². The smallest absolute Gasteiger partial charge is 0.277 e. The lowest BCUT2D eigenvalue weighted by Crippen LogP contribution is -1.91. The Labute approximate surface area is 137 Å². The van der Waals surface area contributed by atoms with Gasteiger partial charge >= 0.3 is 0 Å². The number of aromatic nitrogens is 2. The van der Waals surface area contributed by atoms with E-state index in [1.165, 1.54) is 29.5 Å². The minimum absolute atomic E-state index is 0.299.